The smallest absolute Gasteiger partial charge is 0.261 e. The Morgan fingerprint density at radius 2 is 2.09 bits per heavy atom. The van der Waals surface area contributed by atoms with E-state index < -0.39 is 0 Å². The van der Waals surface area contributed by atoms with Crippen LogP contribution in [0, 0.1) is 13.8 Å². The van der Waals surface area contributed by atoms with Crippen molar-refractivity contribution in [3.8, 4) is 11.5 Å². The zero-order valence-corrected chi connectivity index (χ0v) is 14.1. The maximum atomic E-state index is 12.5. The van der Waals surface area contributed by atoms with Crippen LogP contribution in [-0.2, 0) is 7.05 Å². The van der Waals surface area contributed by atoms with E-state index in [1.54, 1.807) is 23.9 Å². The summed E-state index contributed by atoms with van der Waals surface area (Å²) in [7, 11) is 1.76. The van der Waals surface area contributed by atoms with Crippen LogP contribution in [0.2, 0.25) is 5.02 Å². The maximum absolute atomic E-state index is 12.5. The second-order valence-corrected chi connectivity index (χ2v) is 6.09. The number of pyridine rings is 1. The maximum Gasteiger partial charge on any atom is 0.261 e. The first kappa shape index (κ1) is 15.7. The van der Waals surface area contributed by atoms with Crippen molar-refractivity contribution < 1.29 is 9.47 Å². The molecular weight excluding hydrogens is 314 g/mol. The second kappa shape index (κ2) is 6.13. The molecule has 5 heteroatoms. The monoisotopic (exact) mass is 331 g/mol. The van der Waals surface area contributed by atoms with E-state index in [2.05, 4.69) is 0 Å². The third-order valence-corrected chi connectivity index (χ3v) is 4.28. The first-order valence-electron chi connectivity index (χ1n) is 7.43. The summed E-state index contributed by atoms with van der Waals surface area (Å²) in [6.07, 6.45) is 2.28. The van der Waals surface area contributed by atoms with E-state index in [1.165, 1.54) is 0 Å². The summed E-state index contributed by atoms with van der Waals surface area (Å²) in [4.78, 5) is 12.5. The van der Waals surface area contributed by atoms with Gasteiger partial charge in [-0.1, -0.05) is 11.6 Å². The predicted molar refractivity (Wildman–Crippen MR) is 91.3 cm³/mol. The van der Waals surface area contributed by atoms with Crippen LogP contribution in [0.3, 0.4) is 0 Å². The fourth-order valence-electron chi connectivity index (χ4n) is 2.59. The SMILES string of the molecule is Cc1cc(Cl)ccc1O/C=C1\CCOc2cc(C)n(C)c(=O)c21. The van der Waals surface area contributed by atoms with Crippen molar-refractivity contribution in [2.45, 2.75) is 20.3 Å². The summed E-state index contributed by atoms with van der Waals surface area (Å²) in [6, 6.07) is 7.33. The van der Waals surface area contributed by atoms with Crippen molar-refractivity contribution in [3.63, 3.8) is 0 Å². The number of aromatic nitrogens is 1. The molecule has 0 amide bonds. The molecule has 0 radical (unpaired) electrons. The molecule has 3 rings (SSSR count). The third-order valence-electron chi connectivity index (χ3n) is 4.05. The lowest BCUT2D eigenvalue weighted by Gasteiger charge is -2.21. The molecule has 2 heterocycles. The minimum Gasteiger partial charge on any atom is -0.492 e. The quantitative estimate of drug-likeness (QED) is 0.785. The van der Waals surface area contributed by atoms with Gasteiger partial charge in [-0.05, 0) is 37.6 Å². The van der Waals surface area contributed by atoms with Crippen LogP contribution in [0.4, 0.5) is 0 Å². The van der Waals surface area contributed by atoms with Crippen molar-refractivity contribution >= 4 is 17.2 Å². The molecule has 0 bridgehead atoms. The lowest BCUT2D eigenvalue weighted by Crippen LogP contribution is -2.26. The first-order chi connectivity index (χ1) is 11.0. The number of aryl methyl sites for hydroxylation is 2. The Bertz CT molecular complexity index is 852. The van der Waals surface area contributed by atoms with Crippen molar-refractivity contribution in [1.82, 2.24) is 4.57 Å². The first-order valence-corrected chi connectivity index (χ1v) is 7.81. The van der Waals surface area contributed by atoms with Crippen LogP contribution in [0.25, 0.3) is 5.57 Å². The van der Waals surface area contributed by atoms with Crippen molar-refractivity contribution in [2.24, 2.45) is 7.05 Å². The highest BCUT2D eigenvalue weighted by atomic mass is 35.5. The normalized spacial score (nSPS) is 15.2. The number of rotatable bonds is 2. The second-order valence-electron chi connectivity index (χ2n) is 5.66. The molecule has 0 unspecified atom stereocenters. The summed E-state index contributed by atoms with van der Waals surface area (Å²) in [5.74, 6) is 1.35. The van der Waals surface area contributed by atoms with Crippen LogP contribution in [0.15, 0.2) is 35.3 Å². The molecule has 0 aliphatic carbocycles. The van der Waals surface area contributed by atoms with Crippen LogP contribution >= 0.6 is 11.6 Å². The predicted octanol–water partition coefficient (Wildman–Crippen LogP) is 3.86. The van der Waals surface area contributed by atoms with Gasteiger partial charge in [0.25, 0.3) is 5.56 Å². The number of halogens is 1. The zero-order valence-electron chi connectivity index (χ0n) is 13.4. The largest absolute Gasteiger partial charge is 0.492 e. The highest BCUT2D eigenvalue weighted by Gasteiger charge is 2.21. The molecule has 0 atom stereocenters. The molecule has 0 saturated heterocycles. The van der Waals surface area contributed by atoms with E-state index in [-0.39, 0.29) is 5.56 Å². The number of fused-ring (bicyclic) bond motifs is 1. The van der Waals surface area contributed by atoms with Crippen LogP contribution < -0.4 is 15.0 Å². The molecule has 1 aromatic carbocycles. The molecule has 1 aromatic heterocycles. The van der Waals surface area contributed by atoms with Gasteiger partial charge >= 0.3 is 0 Å². The molecule has 0 fully saturated rings. The Balaban J connectivity index is 2.00. The minimum atomic E-state index is -0.0672. The van der Waals surface area contributed by atoms with Gasteiger partial charge < -0.3 is 14.0 Å². The van der Waals surface area contributed by atoms with Gasteiger partial charge in [0.05, 0.1) is 18.4 Å². The van der Waals surface area contributed by atoms with Gasteiger partial charge in [0.2, 0.25) is 0 Å². The lowest BCUT2D eigenvalue weighted by atomic mass is 10.0. The lowest BCUT2D eigenvalue weighted by molar-refractivity contribution is 0.312. The Morgan fingerprint density at radius 3 is 2.83 bits per heavy atom. The Kier molecular flexibility index (Phi) is 4.18. The van der Waals surface area contributed by atoms with Gasteiger partial charge in [-0.25, -0.2) is 0 Å². The molecule has 23 heavy (non-hydrogen) atoms. The number of hydrogen-bond acceptors (Lipinski definition) is 3. The van der Waals surface area contributed by atoms with Crippen LogP contribution in [-0.4, -0.2) is 11.2 Å². The molecule has 0 N–H and O–H groups in total. The van der Waals surface area contributed by atoms with E-state index >= 15 is 0 Å². The molecule has 4 nitrogen and oxygen atoms in total. The Morgan fingerprint density at radius 1 is 1.30 bits per heavy atom. The number of hydrogen-bond donors (Lipinski definition) is 0. The fraction of sp³-hybridized carbons (Fsp3) is 0.278. The van der Waals surface area contributed by atoms with Crippen LogP contribution in [0.1, 0.15) is 23.2 Å². The summed E-state index contributed by atoms with van der Waals surface area (Å²) < 4.78 is 13.0. The summed E-state index contributed by atoms with van der Waals surface area (Å²) in [5, 5.41) is 0.670. The van der Waals surface area contributed by atoms with Gasteiger partial charge in [-0.3, -0.25) is 4.79 Å². The number of benzene rings is 1. The topological polar surface area (TPSA) is 40.5 Å². The Labute approximate surface area is 139 Å². The molecule has 0 saturated carbocycles. The summed E-state index contributed by atoms with van der Waals surface area (Å²) >= 11 is 5.95. The summed E-state index contributed by atoms with van der Waals surface area (Å²) in [5.41, 5.74) is 3.17. The van der Waals surface area contributed by atoms with E-state index in [1.807, 2.05) is 32.0 Å². The zero-order chi connectivity index (χ0) is 16.6. The molecule has 2 aromatic rings. The molecule has 0 spiro atoms. The van der Waals surface area contributed by atoms with E-state index in [0.717, 1.165) is 22.6 Å². The van der Waals surface area contributed by atoms with E-state index in [9.17, 15) is 4.79 Å². The van der Waals surface area contributed by atoms with E-state index in [0.29, 0.717) is 29.4 Å². The number of nitrogens with zero attached hydrogens (tertiary/aromatic N) is 1. The van der Waals surface area contributed by atoms with Crippen molar-refractivity contribution in [3.05, 3.63) is 62.7 Å². The van der Waals surface area contributed by atoms with Gasteiger partial charge in [0.15, 0.2) is 0 Å². The van der Waals surface area contributed by atoms with E-state index in [4.69, 9.17) is 21.1 Å². The van der Waals surface area contributed by atoms with Gasteiger partial charge in [0, 0.05) is 35.8 Å². The standard InChI is InChI=1S/C18H18ClNO3/c1-11-8-14(19)4-5-15(11)23-10-13-6-7-22-16-9-12(2)20(3)18(21)17(13)16/h4-5,8-10H,6-7H2,1-3H3/b13-10+. The molecule has 120 valence electrons. The van der Waals surface area contributed by atoms with Crippen LogP contribution in [0.5, 0.6) is 11.5 Å². The fourth-order valence-corrected chi connectivity index (χ4v) is 2.82. The van der Waals surface area contributed by atoms with Gasteiger partial charge in [-0.2, -0.15) is 0 Å². The average molecular weight is 332 g/mol. The molecular formula is C18H18ClNO3. The third kappa shape index (κ3) is 2.99. The highest BCUT2D eigenvalue weighted by Crippen LogP contribution is 2.31. The van der Waals surface area contributed by atoms with Crippen molar-refractivity contribution in [1.29, 1.82) is 0 Å². The van der Waals surface area contributed by atoms with Gasteiger partial charge in [0.1, 0.15) is 11.5 Å². The highest BCUT2D eigenvalue weighted by molar-refractivity contribution is 6.30. The van der Waals surface area contributed by atoms with Gasteiger partial charge in [-0.15, -0.1) is 0 Å². The Hall–Kier alpha value is -2.20. The minimum absolute atomic E-state index is 0.0672. The number of ether oxygens (including phenoxy) is 2. The molecule has 1 aliphatic rings. The molecule has 1 aliphatic heterocycles. The summed E-state index contributed by atoms with van der Waals surface area (Å²) in [6.45, 7) is 4.35. The average Bonchev–Trinajstić information content (AvgIpc) is 2.51. The van der Waals surface area contributed by atoms with Crippen molar-refractivity contribution in [2.75, 3.05) is 6.61 Å².